The van der Waals surface area contributed by atoms with Gasteiger partial charge < -0.3 is 9.84 Å². The summed E-state index contributed by atoms with van der Waals surface area (Å²) in [6, 6.07) is 14.4. The van der Waals surface area contributed by atoms with Crippen LogP contribution in [0.4, 0.5) is 4.39 Å². The van der Waals surface area contributed by atoms with Gasteiger partial charge in [-0.25, -0.2) is 4.39 Å². The van der Waals surface area contributed by atoms with Crippen LogP contribution in [0.3, 0.4) is 0 Å². The molecule has 2 aromatic rings. The maximum Gasteiger partial charge on any atom is 0.129 e. The van der Waals surface area contributed by atoms with Gasteiger partial charge in [0, 0.05) is 5.92 Å². The van der Waals surface area contributed by atoms with Crippen LogP contribution >= 0.6 is 0 Å². The smallest absolute Gasteiger partial charge is 0.129 e. The monoisotopic (exact) mass is 258 g/mol. The molecule has 0 saturated heterocycles. The van der Waals surface area contributed by atoms with Gasteiger partial charge in [0.15, 0.2) is 0 Å². The van der Waals surface area contributed by atoms with E-state index < -0.39 is 6.10 Å². The average Bonchev–Trinajstić information content (AvgIpc) is 2.46. The van der Waals surface area contributed by atoms with E-state index in [1.54, 1.807) is 12.1 Å². The topological polar surface area (TPSA) is 29.5 Å². The third-order valence-corrected chi connectivity index (χ3v) is 3.62. The lowest BCUT2D eigenvalue weighted by Crippen LogP contribution is -2.34. The minimum absolute atomic E-state index is 0.118. The van der Waals surface area contributed by atoms with Crippen molar-refractivity contribution in [3.8, 4) is 5.75 Å². The van der Waals surface area contributed by atoms with E-state index in [-0.39, 0.29) is 18.3 Å². The highest BCUT2D eigenvalue weighted by atomic mass is 19.1. The summed E-state index contributed by atoms with van der Waals surface area (Å²) in [7, 11) is 0. The third kappa shape index (κ3) is 2.22. The summed E-state index contributed by atoms with van der Waals surface area (Å²) in [6.07, 6.45) is 0.286. The standard InChI is InChI=1S/C16H15FO2/c17-14-7-3-2-6-12(14)13-9-11-5-1-4-8-15(11)19-16(13)10-18/h1-8,13,16,18H,9-10H2/t13-,16-/m0/s1. The highest BCUT2D eigenvalue weighted by Gasteiger charge is 2.32. The third-order valence-electron chi connectivity index (χ3n) is 3.62. The lowest BCUT2D eigenvalue weighted by molar-refractivity contribution is 0.0796. The fourth-order valence-corrected chi connectivity index (χ4v) is 2.65. The Morgan fingerprint density at radius 2 is 1.84 bits per heavy atom. The van der Waals surface area contributed by atoms with Gasteiger partial charge in [0.25, 0.3) is 0 Å². The molecular weight excluding hydrogens is 243 g/mol. The Balaban J connectivity index is 2.00. The number of hydrogen-bond donors (Lipinski definition) is 1. The highest BCUT2D eigenvalue weighted by Crippen LogP contribution is 2.36. The van der Waals surface area contributed by atoms with Gasteiger partial charge in [0.2, 0.25) is 0 Å². The number of benzene rings is 2. The number of rotatable bonds is 2. The van der Waals surface area contributed by atoms with Crippen LogP contribution in [0.5, 0.6) is 5.75 Å². The summed E-state index contributed by atoms with van der Waals surface area (Å²) >= 11 is 0. The zero-order valence-corrected chi connectivity index (χ0v) is 10.4. The molecule has 1 N–H and O–H groups in total. The van der Waals surface area contributed by atoms with Crippen LogP contribution in [-0.2, 0) is 6.42 Å². The SMILES string of the molecule is OC[C@@H]1Oc2ccccc2C[C@H]1c1ccccc1F. The molecule has 3 rings (SSSR count). The second kappa shape index (κ2) is 5.02. The number of ether oxygens (including phenoxy) is 1. The van der Waals surface area contributed by atoms with E-state index >= 15 is 0 Å². The maximum atomic E-state index is 13.9. The van der Waals surface area contributed by atoms with Crippen LogP contribution in [-0.4, -0.2) is 17.8 Å². The average molecular weight is 258 g/mol. The van der Waals surface area contributed by atoms with Gasteiger partial charge in [-0.2, -0.15) is 0 Å². The second-order valence-electron chi connectivity index (χ2n) is 4.78. The molecule has 0 amide bonds. The molecule has 0 saturated carbocycles. The molecule has 0 fully saturated rings. The van der Waals surface area contributed by atoms with Gasteiger partial charge in [-0.1, -0.05) is 36.4 Å². The Labute approximate surface area is 111 Å². The molecule has 0 aliphatic carbocycles. The van der Waals surface area contributed by atoms with Crippen LogP contribution in [0.15, 0.2) is 48.5 Å². The van der Waals surface area contributed by atoms with Gasteiger partial charge >= 0.3 is 0 Å². The van der Waals surface area contributed by atoms with Gasteiger partial charge in [-0.3, -0.25) is 0 Å². The molecular formula is C16H15FO2. The van der Waals surface area contributed by atoms with Crippen molar-refractivity contribution in [2.24, 2.45) is 0 Å². The van der Waals surface area contributed by atoms with Crippen molar-refractivity contribution in [2.75, 3.05) is 6.61 Å². The Kier molecular flexibility index (Phi) is 3.22. The summed E-state index contributed by atoms with van der Waals surface area (Å²) in [4.78, 5) is 0. The quantitative estimate of drug-likeness (QED) is 0.897. The summed E-state index contributed by atoms with van der Waals surface area (Å²) in [5.74, 6) is 0.393. The van der Waals surface area contributed by atoms with Crippen molar-refractivity contribution < 1.29 is 14.2 Å². The fourth-order valence-electron chi connectivity index (χ4n) is 2.65. The Bertz CT molecular complexity index is 582. The number of hydrogen-bond acceptors (Lipinski definition) is 2. The van der Waals surface area contributed by atoms with E-state index in [0.29, 0.717) is 12.0 Å². The van der Waals surface area contributed by atoms with Crippen molar-refractivity contribution in [2.45, 2.75) is 18.4 Å². The van der Waals surface area contributed by atoms with Crippen molar-refractivity contribution >= 4 is 0 Å². The predicted molar refractivity (Wildman–Crippen MR) is 70.8 cm³/mol. The lowest BCUT2D eigenvalue weighted by atomic mass is 9.85. The lowest BCUT2D eigenvalue weighted by Gasteiger charge is -2.33. The number of para-hydroxylation sites is 1. The Morgan fingerprint density at radius 3 is 2.63 bits per heavy atom. The molecule has 0 radical (unpaired) electrons. The van der Waals surface area contributed by atoms with E-state index in [0.717, 1.165) is 11.3 Å². The number of aliphatic hydroxyl groups excluding tert-OH is 1. The maximum absolute atomic E-state index is 13.9. The number of aliphatic hydroxyl groups is 1. The zero-order valence-electron chi connectivity index (χ0n) is 10.4. The van der Waals surface area contributed by atoms with E-state index in [1.807, 2.05) is 30.3 Å². The Hall–Kier alpha value is -1.87. The molecule has 0 bridgehead atoms. The summed E-state index contributed by atoms with van der Waals surface area (Å²) in [5, 5.41) is 9.49. The molecule has 2 nitrogen and oxygen atoms in total. The van der Waals surface area contributed by atoms with Gasteiger partial charge in [0.1, 0.15) is 17.7 Å². The minimum atomic E-state index is -0.396. The van der Waals surface area contributed by atoms with Crippen LogP contribution in [0.25, 0.3) is 0 Å². The van der Waals surface area contributed by atoms with E-state index in [9.17, 15) is 9.50 Å². The molecule has 0 unspecified atom stereocenters. The Morgan fingerprint density at radius 1 is 1.11 bits per heavy atom. The molecule has 1 aliphatic rings. The second-order valence-corrected chi connectivity index (χ2v) is 4.78. The summed E-state index contributed by atoms with van der Waals surface area (Å²) in [5.41, 5.74) is 1.66. The van der Waals surface area contributed by atoms with Gasteiger partial charge in [0.05, 0.1) is 6.61 Å². The minimum Gasteiger partial charge on any atom is -0.487 e. The first-order chi connectivity index (χ1) is 9.29. The van der Waals surface area contributed by atoms with Crippen molar-refractivity contribution in [1.29, 1.82) is 0 Å². The van der Waals surface area contributed by atoms with E-state index in [4.69, 9.17) is 4.74 Å². The molecule has 98 valence electrons. The molecule has 0 spiro atoms. The van der Waals surface area contributed by atoms with Crippen molar-refractivity contribution in [3.05, 3.63) is 65.5 Å². The molecule has 1 aliphatic heterocycles. The van der Waals surface area contributed by atoms with Crippen LogP contribution in [0.1, 0.15) is 17.0 Å². The number of halogens is 1. The predicted octanol–water partition coefficient (Wildman–Crippen LogP) is 2.91. The first kappa shape index (κ1) is 12.2. The van der Waals surface area contributed by atoms with Crippen molar-refractivity contribution in [3.63, 3.8) is 0 Å². The van der Waals surface area contributed by atoms with E-state index in [1.165, 1.54) is 6.07 Å². The van der Waals surface area contributed by atoms with Crippen LogP contribution < -0.4 is 4.74 Å². The van der Waals surface area contributed by atoms with Gasteiger partial charge in [-0.05, 0) is 29.7 Å². The largest absolute Gasteiger partial charge is 0.487 e. The molecule has 19 heavy (non-hydrogen) atoms. The fraction of sp³-hybridized carbons (Fsp3) is 0.250. The van der Waals surface area contributed by atoms with Crippen LogP contribution in [0.2, 0.25) is 0 Å². The van der Waals surface area contributed by atoms with Gasteiger partial charge in [-0.15, -0.1) is 0 Å². The zero-order chi connectivity index (χ0) is 13.2. The normalized spacial score (nSPS) is 21.6. The summed E-state index contributed by atoms with van der Waals surface area (Å²) < 4.78 is 19.7. The molecule has 1 heterocycles. The molecule has 2 atom stereocenters. The van der Waals surface area contributed by atoms with E-state index in [2.05, 4.69) is 0 Å². The highest BCUT2D eigenvalue weighted by molar-refractivity contribution is 5.39. The summed E-state index contributed by atoms with van der Waals surface area (Å²) in [6.45, 7) is -0.118. The first-order valence-corrected chi connectivity index (χ1v) is 6.39. The molecule has 2 aromatic carbocycles. The van der Waals surface area contributed by atoms with Crippen LogP contribution in [0, 0.1) is 5.82 Å². The first-order valence-electron chi connectivity index (χ1n) is 6.39. The molecule has 0 aromatic heterocycles. The van der Waals surface area contributed by atoms with Crippen molar-refractivity contribution in [1.82, 2.24) is 0 Å². The number of fused-ring (bicyclic) bond motifs is 1. The molecule has 3 heteroatoms.